The summed E-state index contributed by atoms with van der Waals surface area (Å²) in [4.78, 5) is 8.69. The fraction of sp³-hybridized carbons (Fsp3) is 0.333. The monoisotopic (exact) mass is 241 g/mol. The van der Waals surface area contributed by atoms with Gasteiger partial charge in [-0.05, 0) is 20.3 Å². The Hall–Kier alpha value is -1.90. The Kier molecular flexibility index (Phi) is 3.92. The molecule has 0 unspecified atom stereocenters. The summed E-state index contributed by atoms with van der Waals surface area (Å²) in [5, 5.41) is 3.33. The molecule has 2 aromatic rings. The Labute approximate surface area is 108 Å². The summed E-state index contributed by atoms with van der Waals surface area (Å²) in [6.45, 7) is 7.23. The zero-order valence-corrected chi connectivity index (χ0v) is 11.2. The first-order valence-electron chi connectivity index (χ1n) is 6.35. The van der Waals surface area contributed by atoms with E-state index in [0.29, 0.717) is 0 Å². The third-order valence-corrected chi connectivity index (χ3v) is 2.95. The van der Waals surface area contributed by atoms with Crippen LogP contribution in [-0.2, 0) is 0 Å². The van der Waals surface area contributed by atoms with E-state index in [9.17, 15) is 0 Å². The molecule has 0 aliphatic carbocycles. The predicted molar refractivity (Wildman–Crippen MR) is 75.7 cm³/mol. The predicted octanol–water partition coefficient (Wildman–Crippen LogP) is 3.58. The lowest BCUT2D eigenvalue weighted by Gasteiger charge is -2.11. The van der Waals surface area contributed by atoms with Gasteiger partial charge in [-0.3, -0.25) is 0 Å². The van der Waals surface area contributed by atoms with Gasteiger partial charge in [0.05, 0.1) is 5.69 Å². The van der Waals surface area contributed by atoms with Crippen molar-refractivity contribution in [1.82, 2.24) is 9.97 Å². The highest BCUT2D eigenvalue weighted by atomic mass is 15.0. The molecule has 1 N–H and O–H groups in total. The Balaban J connectivity index is 2.36. The second-order valence-corrected chi connectivity index (χ2v) is 4.49. The van der Waals surface area contributed by atoms with E-state index in [1.807, 2.05) is 0 Å². The van der Waals surface area contributed by atoms with Gasteiger partial charge in [-0.1, -0.05) is 36.8 Å². The Morgan fingerprint density at radius 3 is 2.44 bits per heavy atom. The molecule has 3 heteroatoms. The molecule has 0 bridgehead atoms. The van der Waals surface area contributed by atoms with Crippen molar-refractivity contribution in [3.05, 3.63) is 41.7 Å². The molecule has 94 valence electrons. The highest BCUT2D eigenvalue weighted by Crippen LogP contribution is 2.24. The van der Waals surface area contributed by atoms with Gasteiger partial charge in [0.15, 0.2) is 0 Å². The third-order valence-electron chi connectivity index (χ3n) is 2.95. The molecule has 0 amide bonds. The first-order valence-corrected chi connectivity index (χ1v) is 6.35. The van der Waals surface area contributed by atoms with E-state index < -0.39 is 0 Å². The molecule has 3 nitrogen and oxygen atoms in total. The van der Waals surface area contributed by atoms with Crippen LogP contribution in [0.2, 0.25) is 0 Å². The first kappa shape index (κ1) is 12.6. The van der Waals surface area contributed by atoms with Gasteiger partial charge in [0.2, 0.25) is 0 Å². The summed E-state index contributed by atoms with van der Waals surface area (Å²) in [6, 6.07) is 8.43. The molecule has 0 saturated heterocycles. The highest BCUT2D eigenvalue weighted by Gasteiger charge is 2.08. The SMILES string of the molecule is CCCNc1ncnc(-c2ccc(C)cc2)c1C. The fourth-order valence-electron chi connectivity index (χ4n) is 1.87. The van der Waals surface area contributed by atoms with Gasteiger partial charge in [-0.2, -0.15) is 0 Å². The normalized spacial score (nSPS) is 10.4. The number of aryl methyl sites for hydroxylation is 1. The number of nitrogens with one attached hydrogen (secondary N) is 1. The number of anilines is 1. The van der Waals surface area contributed by atoms with Crippen molar-refractivity contribution in [2.75, 3.05) is 11.9 Å². The molecule has 0 spiro atoms. The molecular weight excluding hydrogens is 222 g/mol. The van der Waals surface area contributed by atoms with Crippen molar-refractivity contribution in [2.45, 2.75) is 27.2 Å². The minimum Gasteiger partial charge on any atom is -0.370 e. The van der Waals surface area contributed by atoms with Crippen LogP contribution < -0.4 is 5.32 Å². The van der Waals surface area contributed by atoms with Gasteiger partial charge in [-0.15, -0.1) is 0 Å². The smallest absolute Gasteiger partial charge is 0.132 e. The van der Waals surface area contributed by atoms with Crippen molar-refractivity contribution in [3.63, 3.8) is 0 Å². The standard InChI is InChI=1S/C15H19N3/c1-4-9-16-15-12(3)14(17-10-18-15)13-7-5-11(2)6-8-13/h5-8,10H,4,9H2,1-3H3,(H,16,17,18). The van der Waals surface area contributed by atoms with E-state index in [1.165, 1.54) is 5.56 Å². The summed E-state index contributed by atoms with van der Waals surface area (Å²) in [5.74, 6) is 0.933. The molecule has 0 aliphatic rings. The van der Waals surface area contributed by atoms with Gasteiger partial charge in [0.25, 0.3) is 0 Å². The molecule has 0 atom stereocenters. The molecular formula is C15H19N3. The van der Waals surface area contributed by atoms with Gasteiger partial charge in [0, 0.05) is 17.7 Å². The lowest BCUT2D eigenvalue weighted by atomic mass is 10.1. The van der Waals surface area contributed by atoms with Crippen molar-refractivity contribution in [2.24, 2.45) is 0 Å². The first-order chi connectivity index (χ1) is 8.72. The van der Waals surface area contributed by atoms with Crippen molar-refractivity contribution in [3.8, 4) is 11.3 Å². The summed E-state index contributed by atoms with van der Waals surface area (Å²) in [6.07, 6.45) is 2.71. The average Bonchev–Trinajstić information content (AvgIpc) is 2.39. The molecule has 2 rings (SSSR count). The maximum Gasteiger partial charge on any atom is 0.132 e. The van der Waals surface area contributed by atoms with Gasteiger partial charge in [0.1, 0.15) is 12.1 Å². The Morgan fingerprint density at radius 2 is 1.78 bits per heavy atom. The van der Waals surface area contributed by atoms with Crippen LogP contribution in [0.15, 0.2) is 30.6 Å². The van der Waals surface area contributed by atoms with E-state index in [0.717, 1.165) is 35.6 Å². The second-order valence-electron chi connectivity index (χ2n) is 4.49. The van der Waals surface area contributed by atoms with Crippen LogP contribution in [0.25, 0.3) is 11.3 Å². The zero-order chi connectivity index (χ0) is 13.0. The Morgan fingerprint density at radius 1 is 1.06 bits per heavy atom. The van der Waals surface area contributed by atoms with E-state index in [1.54, 1.807) is 6.33 Å². The number of benzene rings is 1. The maximum absolute atomic E-state index is 4.40. The highest BCUT2D eigenvalue weighted by molar-refractivity contribution is 5.67. The topological polar surface area (TPSA) is 37.8 Å². The summed E-state index contributed by atoms with van der Waals surface area (Å²) in [7, 11) is 0. The molecule has 1 aromatic carbocycles. The summed E-state index contributed by atoms with van der Waals surface area (Å²) >= 11 is 0. The molecule has 0 radical (unpaired) electrons. The van der Waals surface area contributed by atoms with Crippen molar-refractivity contribution < 1.29 is 0 Å². The molecule has 1 aromatic heterocycles. The van der Waals surface area contributed by atoms with Crippen LogP contribution in [0, 0.1) is 13.8 Å². The van der Waals surface area contributed by atoms with E-state index in [4.69, 9.17) is 0 Å². The lowest BCUT2D eigenvalue weighted by Crippen LogP contribution is -2.05. The van der Waals surface area contributed by atoms with E-state index in [-0.39, 0.29) is 0 Å². The largest absolute Gasteiger partial charge is 0.370 e. The van der Waals surface area contributed by atoms with Crippen LogP contribution >= 0.6 is 0 Å². The minimum absolute atomic E-state index is 0.933. The van der Waals surface area contributed by atoms with Gasteiger partial charge in [-0.25, -0.2) is 9.97 Å². The van der Waals surface area contributed by atoms with Crippen LogP contribution in [0.5, 0.6) is 0 Å². The van der Waals surface area contributed by atoms with Crippen LogP contribution in [0.1, 0.15) is 24.5 Å². The summed E-state index contributed by atoms with van der Waals surface area (Å²) in [5.41, 5.74) is 4.51. The van der Waals surface area contributed by atoms with Gasteiger partial charge < -0.3 is 5.32 Å². The minimum atomic E-state index is 0.933. The van der Waals surface area contributed by atoms with Gasteiger partial charge >= 0.3 is 0 Å². The zero-order valence-electron chi connectivity index (χ0n) is 11.2. The quantitative estimate of drug-likeness (QED) is 0.889. The molecule has 1 heterocycles. The molecule has 18 heavy (non-hydrogen) atoms. The number of hydrogen-bond donors (Lipinski definition) is 1. The number of hydrogen-bond acceptors (Lipinski definition) is 3. The maximum atomic E-state index is 4.40. The fourth-order valence-corrected chi connectivity index (χ4v) is 1.87. The van der Waals surface area contributed by atoms with E-state index >= 15 is 0 Å². The Bertz CT molecular complexity index is 518. The number of nitrogens with zero attached hydrogens (tertiary/aromatic N) is 2. The molecule has 0 aliphatic heterocycles. The van der Waals surface area contributed by atoms with Crippen molar-refractivity contribution in [1.29, 1.82) is 0 Å². The van der Waals surface area contributed by atoms with Crippen LogP contribution in [0.4, 0.5) is 5.82 Å². The average molecular weight is 241 g/mol. The van der Waals surface area contributed by atoms with Crippen LogP contribution in [0.3, 0.4) is 0 Å². The van der Waals surface area contributed by atoms with Crippen molar-refractivity contribution >= 4 is 5.82 Å². The number of rotatable bonds is 4. The van der Waals surface area contributed by atoms with Crippen LogP contribution in [-0.4, -0.2) is 16.5 Å². The summed E-state index contributed by atoms with van der Waals surface area (Å²) < 4.78 is 0. The molecule has 0 fully saturated rings. The second kappa shape index (κ2) is 5.63. The lowest BCUT2D eigenvalue weighted by molar-refractivity contribution is 0.960. The third kappa shape index (κ3) is 2.67. The van der Waals surface area contributed by atoms with E-state index in [2.05, 4.69) is 60.3 Å². The molecule has 0 saturated carbocycles. The number of aromatic nitrogens is 2.